The lowest BCUT2D eigenvalue weighted by Gasteiger charge is -2.37. The topological polar surface area (TPSA) is 41.6 Å². The summed E-state index contributed by atoms with van der Waals surface area (Å²) < 4.78 is 6.19. The number of ether oxygens (including phenoxy) is 1. The Labute approximate surface area is 115 Å². The predicted octanol–water partition coefficient (Wildman–Crippen LogP) is 1.89. The average Bonchev–Trinajstić information content (AvgIpc) is 2.32. The van der Waals surface area contributed by atoms with Crippen LogP contribution in [0.4, 0.5) is 0 Å². The molecule has 4 nitrogen and oxygen atoms in total. The molecule has 0 aliphatic carbocycles. The number of nitrogens with zero attached hydrogens (tertiary/aromatic N) is 1. The Bertz CT molecular complexity index is 447. The van der Waals surface area contributed by atoms with E-state index in [1.54, 1.807) is 13.2 Å². The number of hydrogen-bond donors (Lipinski definition) is 1. The lowest BCUT2D eigenvalue weighted by molar-refractivity contribution is 0.0627. The number of benzene rings is 1. The number of halogens is 1. The van der Waals surface area contributed by atoms with Crippen LogP contribution in [-0.4, -0.2) is 43.6 Å². The van der Waals surface area contributed by atoms with Gasteiger partial charge in [0.05, 0.1) is 18.7 Å². The maximum atomic E-state index is 12.5. The molecule has 1 aromatic rings. The third kappa shape index (κ3) is 2.52. The lowest BCUT2D eigenvalue weighted by Crippen LogP contribution is -2.58. The third-order valence-corrected chi connectivity index (χ3v) is 3.69. The van der Waals surface area contributed by atoms with Gasteiger partial charge in [0.15, 0.2) is 0 Å². The molecular weight excluding hydrogens is 296 g/mol. The molecule has 1 N–H and O–H groups in total. The van der Waals surface area contributed by atoms with Crippen molar-refractivity contribution in [2.24, 2.45) is 0 Å². The molecular formula is C13H17BrN2O2. The van der Waals surface area contributed by atoms with Crippen molar-refractivity contribution in [3.63, 3.8) is 0 Å². The van der Waals surface area contributed by atoms with Gasteiger partial charge in [-0.3, -0.25) is 4.79 Å². The molecule has 1 aromatic carbocycles. The Morgan fingerprint density at radius 2 is 2.28 bits per heavy atom. The van der Waals surface area contributed by atoms with Crippen molar-refractivity contribution >= 4 is 21.8 Å². The minimum Gasteiger partial charge on any atom is -0.496 e. The summed E-state index contributed by atoms with van der Waals surface area (Å²) in [5, 5.41) is 3.19. The number of amides is 1. The van der Waals surface area contributed by atoms with Crippen molar-refractivity contribution in [2.75, 3.05) is 26.7 Å². The molecule has 0 radical (unpaired) electrons. The molecule has 2 rings (SSSR count). The second kappa shape index (κ2) is 5.71. The monoisotopic (exact) mass is 312 g/mol. The highest BCUT2D eigenvalue weighted by Crippen LogP contribution is 2.25. The smallest absolute Gasteiger partial charge is 0.257 e. The fourth-order valence-corrected chi connectivity index (χ4v) is 2.40. The maximum absolute atomic E-state index is 12.5. The summed E-state index contributed by atoms with van der Waals surface area (Å²) in [5.41, 5.74) is 0.620. The van der Waals surface area contributed by atoms with Gasteiger partial charge in [-0.15, -0.1) is 0 Å². The Morgan fingerprint density at radius 1 is 1.56 bits per heavy atom. The molecule has 1 heterocycles. The Kier molecular flexibility index (Phi) is 4.24. The van der Waals surface area contributed by atoms with Gasteiger partial charge >= 0.3 is 0 Å². The summed E-state index contributed by atoms with van der Waals surface area (Å²) in [4.78, 5) is 14.4. The molecule has 98 valence electrons. The first-order valence-corrected chi connectivity index (χ1v) is 6.82. The van der Waals surface area contributed by atoms with Crippen LogP contribution in [0.15, 0.2) is 22.7 Å². The lowest BCUT2D eigenvalue weighted by atomic mass is 10.1. The number of hydrogen-bond acceptors (Lipinski definition) is 3. The van der Waals surface area contributed by atoms with Crippen LogP contribution in [0.25, 0.3) is 0 Å². The van der Waals surface area contributed by atoms with Crippen molar-refractivity contribution in [2.45, 2.75) is 13.0 Å². The first-order valence-electron chi connectivity index (χ1n) is 6.02. The van der Waals surface area contributed by atoms with Gasteiger partial charge in [-0.1, -0.05) is 15.9 Å². The van der Waals surface area contributed by atoms with Crippen molar-refractivity contribution in [3.05, 3.63) is 28.2 Å². The maximum Gasteiger partial charge on any atom is 0.257 e. The zero-order valence-corrected chi connectivity index (χ0v) is 12.2. The molecule has 1 aliphatic heterocycles. The van der Waals surface area contributed by atoms with Crippen LogP contribution in [0.5, 0.6) is 5.75 Å². The highest BCUT2D eigenvalue weighted by molar-refractivity contribution is 9.10. The molecule has 0 unspecified atom stereocenters. The molecule has 1 fully saturated rings. The van der Waals surface area contributed by atoms with Gasteiger partial charge in [-0.05, 0) is 25.1 Å². The van der Waals surface area contributed by atoms with Gasteiger partial charge in [0.2, 0.25) is 0 Å². The van der Waals surface area contributed by atoms with E-state index in [9.17, 15) is 4.79 Å². The van der Waals surface area contributed by atoms with Crippen molar-refractivity contribution < 1.29 is 9.53 Å². The zero-order valence-electron chi connectivity index (χ0n) is 10.6. The minimum absolute atomic E-state index is 0.0355. The molecule has 0 aromatic heterocycles. The molecule has 18 heavy (non-hydrogen) atoms. The molecule has 1 amide bonds. The van der Waals surface area contributed by atoms with E-state index < -0.39 is 0 Å². The Hall–Kier alpha value is -1.07. The van der Waals surface area contributed by atoms with Crippen LogP contribution < -0.4 is 10.1 Å². The predicted molar refractivity (Wildman–Crippen MR) is 74.1 cm³/mol. The average molecular weight is 313 g/mol. The standard InChI is InChI=1S/C13H17BrN2O2/c1-3-16(10-7-15-8-10)13(17)11-5-4-9(14)6-12(11)18-2/h4-6,10,15H,3,7-8H2,1-2H3. The van der Waals surface area contributed by atoms with Gasteiger partial charge in [-0.25, -0.2) is 0 Å². The molecule has 0 spiro atoms. The molecule has 1 saturated heterocycles. The highest BCUT2D eigenvalue weighted by Gasteiger charge is 2.29. The highest BCUT2D eigenvalue weighted by atomic mass is 79.9. The van der Waals surface area contributed by atoms with E-state index in [0.717, 1.165) is 17.6 Å². The summed E-state index contributed by atoms with van der Waals surface area (Å²) in [6.07, 6.45) is 0. The summed E-state index contributed by atoms with van der Waals surface area (Å²) >= 11 is 3.38. The number of carbonyl (C=O) groups is 1. The van der Waals surface area contributed by atoms with Crippen LogP contribution >= 0.6 is 15.9 Å². The van der Waals surface area contributed by atoms with Crippen LogP contribution in [-0.2, 0) is 0 Å². The SMILES string of the molecule is CCN(C(=O)c1ccc(Br)cc1OC)C1CNC1. The Morgan fingerprint density at radius 3 is 2.78 bits per heavy atom. The second-order valence-electron chi connectivity index (χ2n) is 4.25. The number of methoxy groups -OCH3 is 1. The number of nitrogens with one attached hydrogen (secondary N) is 1. The first kappa shape index (κ1) is 13.4. The van der Waals surface area contributed by atoms with Gasteiger partial charge in [0.1, 0.15) is 5.75 Å². The molecule has 1 aliphatic rings. The normalized spacial score (nSPS) is 15.1. The van der Waals surface area contributed by atoms with E-state index in [0.29, 0.717) is 23.9 Å². The summed E-state index contributed by atoms with van der Waals surface area (Å²) in [6, 6.07) is 5.79. The van der Waals surface area contributed by atoms with E-state index in [1.807, 2.05) is 24.0 Å². The summed E-state index contributed by atoms with van der Waals surface area (Å²) in [5.74, 6) is 0.647. The fourth-order valence-electron chi connectivity index (χ4n) is 2.06. The molecule has 0 atom stereocenters. The van der Waals surface area contributed by atoms with Crippen LogP contribution in [0.3, 0.4) is 0 Å². The van der Waals surface area contributed by atoms with E-state index in [4.69, 9.17) is 4.74 Å². The number of carbonyl (C=O) groups excluding carboxylic acids is 1. The van der Waals surface area contributed by atoms with Crippen LogP contribution in [0.2, 0.25) is 0 Å². The first-order chi connectivity index (χ1) is 8.67. The number of likely N-dealkylation sites (N-methyl/N-ethyl adjacent to an activating group) is 1. The van der Waals surface area contributed by atoms with Crippen molar-refractivity contribution in [1.82, 2.24) is 10.2 Å². The second-order valence-corrected chi connectivity index (χ2v) is 5.16. The van der Waals surface area contributed by atoms with Crippen LogP contribution in [0.1, 0.15) is 17.3 Å². The minimum atomic E-state index is 0.0355. The summed E-state index contributed by atoms with van der Waals surface area (Å²) in [6.45, 7) is 4.46. The van der Waals surface area contributed by atoms with Crippen molar-refractivity contribution in [3.8, 4) is 5.75 Å². The quantitative estimate of drug-likeness (QED) is 0.923. The number of rotatable bonds is 4. The van der Waals surface area contributed by atoms with Gasteiger partial charge in [0.25, 0.3) is 5.91 Å². The summed E-state index contributed by atoms with van der Waals surface area (Å²) in [7, 11) is 1.58. The van der Waals surface area contributed by atoms with Crippen molar-refractivity contribution in [1.29, 1.82) is 0 Å². The van der Waals surface area contributed by atoms with E-state index in [2.05, 4.69) is 21.2 Å². The van der Waals surface area contributed by atoms with Gasteiger partial charge < -0.3 is 15.0 Å². The Balaban J connectivity index is 2.26. The van der Waals surface area contributed by atoms with E-state index >= 15 is 0 Å². The van der Waals surface area contributed by atoms with Crippen LogP contribution in [0, 0.1) is 0 Å². The third-order valence-electron chi connectivity index (χ3n) is 3.20. The van der Waals surface area contributed by atoms with E-state index in [1.165, 1.54) is 0 Å². The molecule has 0 bridgehead atoms. The zero-order chi connectivity index (χ0) is 13.1. The molecule has 0 saturated carbocycles. The van der Waals surface area contributed by atoms with Gasteiger partial charge in [0, 0.05) is 24.1 Å². The largest absolute Gasteiger partial charge is 0.496 e. The fraction of sp³-hybridized carbons (Fsp3) is 0.462. The molecule has 5 heteroatoms. The van der Waals surface area contributed by atoms with E-state index in [-0.39, 0.29) is 5.91 Å². The van der Waals surface area contributed by atoms with Gasteiger partial charge in [-0.2, -0.15) is 0 Å².